The quantitative estimate of drug-likeness (QED) is 0.629. The van der Waals surface area contributed by atoms with Gasteiger partial charge in [-0.2, -0.15) is 4.31 Å². The molecule has 30 heavy (non-hydrogen) atoms. The third-order valence-corrected chi connectivity index (χ3v) is 8.28. The molecule has 2 aromatic rings. The molecule has 0 aliphatic carbocycles. The van der Waals surface area contributed by atoms with Gasteiger partial charge in [0.15, 0.2) is 0 Å². The summed E-state index contributed by atoms with van der Waals surface area (Å²) in [4.78, 5) is 24.3. The van der Waals surface area contributed by atoms with Gasteiger partial charge in [0.05, 0.1) is 12.8 Å². The van der Waals surface area contributed by atoms with E-state index in [4.69, 9.17) is 4.74 Å². The number of ether oxygens (including phenoxy) is 1. The molecule has 162 valence electrons. The van der Waals surface area contributed by atoms with Crippen molar-refractivity contribution in [1.82, 2.24) is 9.62 Å². The van der Waals surface area contributed by atoms with Gasteiger partial charge in [0.1, 0.15) is 9.96 Å². The summed E-state index contributed by atoms with van der Waals surface area (Å²) >= 11 is 1.20. The number of anilines is 1. The van der Waals surface area contributed by atoms with Crippen LogP contribution in [-0.4, -0.2) is 50.8 Å². The molecular formula is C20H25N3O5S2. The predicted octanol–water partition coefficient (Wildman–Crippen LogP) is 2.44. The minimum atomic E-state index is -3.54. The highest BCUT2D eigenvalue weighted by Gasteiger charge is 2.33. The molecule has 2 N–H and O–H groups in total. The van der Waals surface area contributed by atoms with Crippen molar-refractivity contribution in [2.75, 3.05) is 25.5 Å². The van der Waals surface area contributed by atoms with Gasteiger partial charge in [0, 0.05) is 19.1 Å². The van der Waals surface area contributed by atoms with E-state index in [1.807, 2.05) is 0 Å². The molecule has 0 radical (unpaired) electrons. The number of para-hydroxylation sites is 2. The van der Waals surface area contributed by atoms with Crippen LogP contribution in [0.2, 0.25) is 0 Å². The van der Waals surface area contributed by atoms with Crippen LogP contribution in [0.25, 0.3) is 0 Å². The van der Waals surface area contributed by atoms with Gasteiger partial charge in [-0.15, -0.1) is 11.3 Å². The number of carbonyl (C=O) groups excluding carboxylic acids is 2. The minimum Gasteiger partial charge on any atom is -0.495 e. The number of amides is 2. The normalized spacial score (nSPS) is 17.3. The number of nitrogens with one attached hydrogen (secondary N) is 2. The van der Waals surface area contributed by atoms with Crippen molar-refractivity contribution in [1.29, 1.82) is 0 Å². The second-order valence-corrected chi connectivity index (χ2v) is 9.96. The topological polar surface area (TPSA) is 105 Å². The van der Waals surface area contributed by atoms with E-state index < -0.39 is 21.8 Å². The van der Waals surface area contributed by atoms with E-state index in [0.717, 1.165) is 19.3 Å². The van der Waals surface area contributed by atoms with Crippen LogP contribution in [0.15, 0.2) is 46.0 Å². The van der Waals surface area contributed by atoms with E-state index in [-0.39, 0.29) is 12.6 Å². The van der Waals surface area contributed by atoms with E-state index in [1.54, 1.807) is 41.8 Å². The second kappa shape index (κ2) is 10.1. The monoisotopic (exact) mass is 451 g/mol. The molecule has 2 amide bonds. The van der Waals surface area contributed by atoms with Gasteiger partial charge < -0.3 is 15.4 Å². The van der Waals surface area contributed by atoms with Gasteiger partial charge in [-0.05, 0) is 42.8 Å². The Balaban J connectivity index is 1.55. The van der Waals surface area contributed by atoms with Crippen LogP contribution in [0.5, 0.6) is 5.75 Å². The van der Waals surface area contributed by atoms with Crippen molar-refractivity contribution in [2.45, 2.75) is 35.9 Å². The molecule has 1 aromatic carbocycles. The van der Waals surface area contributed by atoms with E-state index in [1.165, 1.54) is 22.8 Å². The number of thiophene rings is 1. The van der Waals surface area contributed by atoms with Crippen LogP contribution in [0.3, 0.4) is 0 Å². The lowest BCUT2D eigenvalue weighted by Crippen LogP contribution is -2.45. The Bertz CT molecular complexity index is 976. The molecule has 0 spiro atoms. The van der Waals surface area contributed by atoms with Crippen LogP contribution in [0.1, 0.15) is 25.7 Å². The molecule has 1 saturated heterocycles. The van der Waals surface area contributed by atoms with Gasteiger partial charge in [-0.1, -0.05) is 24.6 Å². The molecule has 3 rings (SSSR count). The van der Waals surface area contributed by atoms with Gasteiger partial charge in [-0.3, -0.25) is 9.59 Å². The molecule has 0 saturated carbocycles. The van der Waals surface area contributed by atoms with E-state index in [9.17, 15) is 18.0 Å². The third kappa shape index (κ3) is 5.18. The fourth-order valence-electron chi connectivity index (χ4n) is 3.46. The van der Waals surface area contributed by atoms with Gasteiger partial charge in [-0.25, -0.2) is 8.42 Å². The highest BCUT2D eigenvalue weighted by molar-refractivity contribution is 7.91. The lowest BCUT2D eigenvalue weighted by molar-refractivity contribution is -0.136. The molecule has 1 fully saturated rings. The SMILES string of the molecule is COc1ccccc1NC(=O)C(=O)NCC[C@@H]1CCCCN1S(=O)(=O)c1cccs1. The maximum absolute atomic E-state index is 12.9. The number of nitrogens with zero attached hydrogens (tertiary/aromatic N) is 1. The maximum atomic E-state index is 12.9. The number of sulfonamides is 1. The summed E-state index contributed by atoms with van der Waals surface area (Å²) in [6.07, 6.45) is 2.92. The number of rotatable bonds is 7. The molecule has 1 atom stereocenters. The van der Waals surface area contributed by atoms with Crippen LogP contribution < -0.4 is 15.4 Å². The molecule has 1 aromatic heterocycles. The average molecular weight is 452 g/mol. The highest BCUT2D eigenvalue weighted by atomic mass is 32.2. The zero-order chi connectivity index (χ0) is 21.6. The number of methoxy groups -OCH3 is 1. The largest absolute Gasteiger partial charge is 0.495 e. The summed E-state index contributed by atoms with van der Waals surface area (Å²) in [5, 5.41) is 6.85. The summed E-state index contributed by atoms with van der Waals surface area (Å²) in [6.45, 7) is 0.673. The van der Waals surface area contributed by atoms with Crippen molar-refractivity contribution in [3.05, 3.63) is 41.8 Å². The highest BCUT2D eigenvalue weighted by Crippen LogP contribution is 2.29. The fourth-order valence-corrected chi connectivity index (χ4v) is 6.31. The molecular weight excluding hydrogens is 426 g/mol. The van der Waals surface area contributed by atoms with Crippen molar-refractivity contribution < 1.29 is 22.7 Å². The molecule has 1 aliphatic rings. The Morgan fingerprint density at radius 3 is 2.70 bits per heavy atom. The number of benzene rings is 1. The molecule has 1 aliphatic heterocycles. The number of hydrogen-bond acceptors (Lipinski definition) is 6. The summed E-state index contributed by atoms with van der Waals surface area (Å²) in [5.74, 6) is -1.12. The Hall–Kier alpha value is -2.43. The van der Waals surface area contributed by atoms with Crippen LogP contribution in [-0.2, 0) is 19.6 Å². The number of carbonyl (C=O) groups is 2. The number of hydrogen-bond donors (Lipinski definition) is 2. The molecule has 8 nitrogen and oxygen atoms in total. The summed E-state index contributed by atoms with van der Waals surface area (Å²) < 4.78 is 32.8. The van der Waals surface area contributed by atoms with Crippen molar-refractivity contribution in [2.24, 2.45) is 0 Å². The Kier molecular flexibility index (Phi) is 7.46. The van der Waals surface area contributed by atoms with Crippen LogP contribution in [0, 0.1) is 0 Å². The van der Waals surface area contributed by atoms with Gasteiger partial charge >= 0.3 is 11.8 Å². The van der Waals surface area contributed by atoms with Crippen molar-refractivity contribution in [3.8, 4) is 5.75 Å². The van der Waals surface area contributed by atoms with Gasteiger partial charge in [0.25, 0.3) is 10.0 Å². The van der Waals surface area contributed by atoms with E-state index >= 15 is 0 Å². The molecule has 10 heteroatoms. The Labute approximate surface area is 180 Å². The summed E-state index contributed by atoms with van der Waals surface area (Å²) in [5.41, 5.74) is 0.403. The van der Waals surface area contributed by atoms with Crippen LogP contribution in [0.4, 0.5) is 5.69 Å². The van der Waals surface area contributed by atoms with Gasteiger partial charge in [0.2, 0.25) is 0 Å². The smallest absolute Gasteiger partial charge is 0.313 e. The molecule has 2 heterocycles. The zero-order valence-corrected chi connectivity index (χ0v) is 18.3. The predicted molar refractivity (Wildman–Crippen MR) is 115 cm³/mol. The maximum Gasteiger partial charge on any atom is 0.313 e. The Morgan fingerprint density at radius 1 is 1.17 bits per heavy atom. The summed E-state index contributed by atoms with van der Waals surface area (Å²) in [7, 11) is -2.06. The minimum absolute atomic E-state index is 0.205. The standard InChI is InChI=1S/C20H25N3O5S2/c1-28-17-9-3-2-8-16(17)22-20(25)19(24)21-12-11-15-7-4-5-13-23(15)30(26,27)18-10-6-14-29-18/h2-3,6,8-10,14-15H,4-5,7,11-13H2,1H3,(H,21,24)(H,22,25)/t15-/m0/s1. The lowest BCUT2D eigenvalue weighted by Gasteiger charge is -2.34. The number of piperidine rings is 1. The molecule has 0 bridgehead atoms. The second-order valence-electron chi connectivity index (χ2n) is 6.90. The average Bonchev–Trinajstić information content (AvgIpc) is 3.30. The fraction of sp³-hybridized carbons (Fsp3) is 0.400. The molecule has 0 unspecified atom stereocenters. The van der Waals surface area contributed by atoms with Crippen molar-refractivity contribution >= 4 is 38.9 Å². The van der Waals surface area contributed by atoms with E-state index in [0.29, 0.717) is 28.6 Å². The first-order chi connectivity index (χ1) is 14.4. The lowest BCUT2D eigenvalue weighted by atomic mass is 10.0. The summed E-state index contributed by atoms with van der Waals surface area (Å²) in [6, 6.07) is 9.92. The Morgan fingerprint density at radius 2 is 1.97 bits per heavy atom. The van der Waals surface area contributed by atoms with Crippen molar-refractivity contribution in [3.63, 3.8) is 0 Å². The first-order valence-corrected chi connectivity index (χ1v) is 12.0. The van der Waals surface area contributed by atoms with E-state index in [2.05, 4.69) is 10.6 Å². The van der Waals surface area contributed by atoms with Crippen LogP contribution >= 0.6 is 11.3 Å². The first-order valence-electron chi connectivity index (χ1n) is 9.71. The zero-order valence-electron chi connectivity index (χ0n) is 16.7. The third-order valence-electron chi connectivity index (χ3n) is 4.96. The first kappa shape index (κ1) is 22.3.